The average molecular weight is 235 g/mol. The molecule has 6 heteroatoms. The molecule has 0 radical (unpaired) electrons. The Labute approximate surface area is 93.4 Å². The molecule has 2 aromatic heterocycles. The van der Waals surface area contributed by atoms with Crippen LogP contribution in [0.4, 0.5) is 8.87 Å². The summed E-state index contributed by atoms with van der Waals surface area (Å²) in [6.07, 6.45) is 0. The molecule has 0 fully saturated rings. The Morgan fingerprint density at radius 1 is 1.35 bits per heavy atom. The first-order chi connectivity index (χ1) is 8.08. The maximum Gasteiger partial charge on any atom is 0.222 e. The minimum absolute atomic E-state index is 0.144. The number of hydrogen-bond donors (Lipinski definition) is 1. The maximum atomic E-state index is 13.6. The van der Waals surface area contributed by atoms with Gasteiger partial charge in [0.05, 0.1) is 5.39 Å². The maximum absolute atomic E-state index is 13.6. The molecule has 0 saturated heterocycles. The zero-order valence-corrected chi connectivity index (χ0v) is 8.79. The van der Waals surface area contributed by atoms with Crippen molar-refractivity contribution in [3.05, 3.63) is 40.1 Å². The first-order valence-corrected chi connectivity index (χ1v) is 4.94. The number of nitrogens with one attached hydrogen (secondary N) is 1. The normalized spacial score (nSPS) is 11.5. The van der Waals surface area contributed by atoms with Gasteiger partial charge < -0.3 is 0 Å². The lowest BCUT2D eigenvalue weighted by Crippen LogP contribution is -1.98. The van der Waals surface area contributed by atoms with Gasteiger partial charge in [-0.1, -0.05) is 9.39 Å². The summed E-state index contributed by atoms with van der Waals surface area (Å²) in [6, 6.07) is 3.89. The number of aromatic amines is 1. The van der Waals surface area contributed by atoms with Crippen molar-refractivity contribution in [2.45, 2.75) is 6.92 Å². The number of pyridine rings is 1. The van der Waals surface area contributed by atoms with Crippen molar-refractivity contribution in [1.82, 2.24) is 15.0 Å². The van der Waals surface area contributed by atoms with E-state index < -0.39 is 5.95 Å². The van der Waals surface area contributed by atoms with E-state index >= 15 is 0 Å². The number of fused-ring (bicyclic) bond motifs is 3. The molecule has 0 saturated carbocycles. The third-order valence-corrected chi connectivity index (χ3v) is 2.74. The van der Waals surface area contributed by atoms with Crippen LogP contribution in [0.1, 0.15) is 5.69 Å². The summed E-state index contributed by atoms with van der Waals surface area (Å²) in [5.74, 6) is -0.794. The summed E-state index contributed by atoms with van der Waals surface area (Å²) in [7, 11) is 0. The molecule has 0 bridgehead atoms. The fourth-order valence-electron chi connectivity index (χ4n) is 2.01. The van der Waals surface area contributed by atoms with Crippen molar-refractivity contribution in [2.75, 3.05) is 0 Å². The first-order valence-electron chi connectivity index (χ1n) is 4.94. The van der Waals surface area contributed by atoms with E-state index in [2.05, 4.69) is 10.1 Å². The lowest BCUT2D eigenvalue weighted by Gasteiger charge is -2.00. The van der Waals surface area contributed by atoms with Gasteiger partial charge in [0.1, 0.15) is 0 Å². The van der Waals surface area contributed by atoms with Gasteiger partial charge in [-0.3, -0.25) is 9.89 Å². The van der Waals surface area contributed by atoms with Crippen molar-refractivity contribution < 1.29 is 8.87 Å². The highest BCUT2D eigenvalue weighted by Crippen LogP contribution is 2.26. The largest absolute Gasteiger partial charge is 0.290 e. The molecule has 0 spiro atoms. The van der Waals surface area contributed by atoms with Crippen LogP contribution in [-0.4, -0.2) is 15.0 Å². The van der Waals surface area contributed by atoms with E-state index in [1.807, 2.05) is 0 Å². The quantitative estimate of drug-likeness (QED) is 0.606. The van der Waals surface area contributed by atoms with Crippen LogP contribution >= 0.6 is 0 Å². The molecule has 0 amide bonds. The number of aryl methyl sites for hydroxylation is 1. The monoisotopic (exact) mass is 235 g/mol. The fraction of sp³-hybridized carbons (Fsp3) is 0.0909. The Balaban J connectivity index is 2.70. The topological polar surface area (TPSA) is 50.7 Å². The van der Waals surface area contributed by atoms with Gasteiger partial charge in [0.25, 0.3) is 0 Å². The van der Waals surface area contributed by atoms with Gasteiger partial charge in [0.15, 0.2) is 11.1 Å². The first kappa shape index (κ1) is 9.95. The van der Waals surface area contributed by atoms with E-state index in [4.69, 9.17) is 0 Å². The molecule has 3 rings (SSSR count). The van der Waals surface area contributed by atoms with Gasteiger partial charge in [0.2, 0.25) is 5.95 Å². The van der Waals surface area contributed by atoms with Crippen molar-refractivity contribution in [3.63, 3.8) is 0 Å². The van der Waals surface area contributed by atoms with E-state index in [1.165, 1.54) is 18.2 Å². The van der Waals surface area contributed by atoms with Crippen molar-refractivity contribution in [2.24, 2.45) is 0 Å². The molecule has 2 heterocycles. The Morgan fingerprint density at radius 2 is 2.12 bits per heavy atom. The van der Waals surface area contributed by atoms with Crippen LogP contribution < -0.4 is 5.43 Å². The molecule has 3 aromatic rings. The van der Waals surface area contributed by atoms with Gasteiger partial charge in [-0.25, -0.2) is 0 Å². The summed E-state index contributed by atoms with van der Waals surface area (Å²) in [4.78, 5) is 15.0. The third-order valence-electron chi connectivity index (χ3n) is 2.74. The number of halogens is 2. The van der Waals surface area contributed by atoms with Gasteiger partial charge in [-0.15, -0.1) is 0 Å². The third kappa shape index (κ3) is 1.27. The van der Waals surface area contributed by atoms with Gasteiger partial charge in [-0.2, -0.15) is 9.37 Å². The second kappa shape index (κ2) is 3.13. The Hall–Kier alpha value is -2.24. The number of aromatic nitrogens is 3. The molecule has 0 aliphatic heterocycles. The Kier molecular flexibility index (Phi) is 1.83. The molecule has 0 aliphatic carbocycles. The standard InChI is InChI=1S/C11H7F2N3O/c1-5-9-8-4-6(17)2-3-7(8)10(12)14-11(9)16(13)15-5/h2-4,15H,1H3. The number of rotatable bonds is 0. The highest BCUT2D eigenvalue weighted by molar-refractivity contribution is 6.05. The van der Waals surface area contributed by atoms with Crippen LogP contribution in [0, 0.1) is 12.9 Å². The van der Waals surface area contributed by atoms with Crippen LogP contribution in [0.3, 0.4) is 0 Å². The zero-order chi connectivity index (χ0) is 12.2. The predicted octanol–water partition coefficient (Wildman–Crippen LogP) is 2.06. The Bertz CT molecular complexity index is 804. The number of nitrogens with zero attached hydrogens (tertiary/aromatic N) is 2. The summed E-state index contributed by atoms with van der Waals surface area (Å²) in [5.41, 5.74) is 0.0825. The minimum Gasteiger partial charge on any atom is -0.290 e. The number of benzene rings is 1. The van der Waals surface area contributed by atoms with Crippen LogP contribution in [0.2, 0.25) is 0 Å². The highest BCUT2D eigenvalue weighted by atomic mass is 19.2. The lowest BCUT2D eigenvalue weighted by atomic mass is 10.1. The van der Waals surface area contributed by atoms with Crippen molar-refractivity contribution >= 4 is 21.8 Å². The average Bonchev–Trinajstić information content (AvgIpc) is 2.54. The summed E-state index contributed by atoms with van der Waals surface area (Å²) in [5, 5.41) is 3.37. The lowest BCUT2D eigenvalue weighted by molar-refractivity contribution is 0.326. The molecule has 0 atom stereocenters. The predicted molar refractivity (Wildman–Crippen MR) is 59.1 cm³/mol. The molecular weight excluding hydrogens is 228 g/mol. The van der Waals surface area contributed by atoms with E-state index in [0.29, 0.717) is 16.5 Å². The van der Waals surface area contributed by atoms with Crippen LogP contribution in [-0.2, 0) is 0 Å². The van der Waals surface area contributed by atoms with Gasteiger partial charge >= 0.3 is 0 Å². The molecule has 0 aliphatic rings. The van der Waals surface area contributed by atoms with Crippen molar-refractivity contribution in [1.29, 1.82) is 0 Å². The zero-order valence-electron chi connectivity index (χ0n) is 8.79. The molecule has 1 aromatic carbocycles. The fourth-order valence-corrected chi connectivity index (χ4v) is 2.01. The number of H-pyrrole nitrogens is 1. The summed E-state index contributed by atoms with van der Waals surface area (Å²) >= 11 is 0. The van der Waals surface area contributed by atoms with E-state index in [-0.39, 0.29) is 21.4 Å². The van der Waals surface area contributed by atoms with Crippen molar-refractivity contribution in [3.8, 4) is 0 Å². The SMILES string of the molecule is Cc1[nH]n(F)c2nc(F)c3ccc(=O)cc3c12. The molecule has 86 valence electrons. The second-order valence-corrected chi connectivity index (χ2v) is 3.83. The van der Waals surface area contributed by atoms with Crippen LogP contribution in [0.15, 0.2) is 23.0 Å². The number of hydrogen-bond acceptors (Lipinski definition) is 2. The highest BCUT2D eigenvalue weighted by Gasteiger charge is 2.14. The molecule has 1 N–H and O–H groups in total. The molecule has 0 unspecified atom stereocenters. The van der Waals surface area contributed by atoms with E-state index in [9.17, 15) is 13.7 Å². The second-order valence-electron chi connectivity index (χ2n) is 3.83. The molecule has 4 nitrogen and oxygen atoms in total. The van der Waals surface area contributed by atoms with E-state index in [0.717, 1.165) is 0 Å². The summed E-state index contributed by atoms with van der Waals surface area (Å²) < 4.78 is 27.0. The van der Waals surface area contributed by atoms with Crippen LogP contribution in [0.25, 0.3) is 21.8 Å². The molecule has 17 heavy (non-hydrogen) atoms. The van der Waals surface area contributed by atoms with Crippen LogP contribution in [0.5, 0.6) is 0 Å². The van der Waals surface area contributed by atoms with Gasteiger partial charge in [-0.05, 0) is 25.1 Å². The summed E-state index contributed by atoms with van der Waals surface area (Å²) in [6.45, 7) is 1.63. The Morgan fingerprint density at radius 3 is 2.88 bits per heavy atom. The minimum atomic E-state index is -0.794. The smallest absolute Gasteiger partial charge is 0.222 e. The van der Waals surface area contributed by atoms with Gasteiger partial charge in [0, 0.05) is 16.5 Å². The van der Waals surface area contributed by atoms with E-state index in [1.54, 1.807) is 6.92 Å². The molecular formula is C11H7F2N3O.